The molecular formula is C8H14N4O2. The Morgan fingerprint density at radius 3 is 3.07 bits per heavy atom. The number of aryl methyl sites for hydroxylation is 1. The summed E-state index contributed by atoms with van der Waals surface area (Å²) in [6.07, 6.45) is 3.24. The van der Waals surface area contributed by atoms with Gasteiger partial charge in [0.2, 0.25) is 5.91 Å². The van der Waals surface area contributed by atoms with Crippen LogP contribution in [-0.4, -0.2) is 35.4 Å². The van der Waals surface area contributed by atoms with Gasteiger partial charge in [-0.1, -0.05) is 0 Å². The second-order valence-electron chi connectivity index (χ2n) is 2.95. The van der Waals surface area contributed by atoms with Crippen LogP contribution in [0.15, 0.2) is 12.4 Å². The highest BCUT2D eigenvalue weighted by atomic mass is 16.5. The Hall–Kier alpha value is -1.40. The SMILES string of the molecule is COCC(N)C(=O)Nc1cnn(C)c1. The monoisotopic (exact) mass is 198 g/mol. The standard InChI is InChI=1S/C8H14N4O2/c1-12-4-6(3-10-12)11-8(13)7(9)5-14-2/h3-4,7H,5,9H2,1-2H3,(H,11,13). The Kier molecular flexibility index (Phi) is 3.61. The van der Waals surface area contributed by atoms with Crippen LogP contribution in [-0.2, 0) is 16.6 Å². The number of carbonyl (C=O) groups is 1. The molecule has 1 atom stereocenters. The molecule has 0 fully saturated rings. The minimum atomic E-state index is -0.653. The maximum absolute atomic E-state index is 11.4. The Morgan fingerprint density at radius 1 is 1.86 bits per heavy atom. The molecule has 14 heavy (non-hydrogen) atoms. The fourth-order valence-corrected chi connectivity index (χ4v) is 0.976. The Morgan fingerprint density at radius 2 is 2.57 bits per heavy atom. The maximum Gasteiger partial charge on any atom is 0.243 e. The topological polar surface area (TPSA) is 82.2 Å². The van der Waals surface area contributed by atoms with Crippen LogP contribution in [0.2, 0.25) is 0 Å². The lowest BCUT2D eigenvalue weighted by atomic mass is 10.3. The van der Waals surface area contributed by atoms with E-state index in [0.29, 0.717) is 5.69 Å². The van der Waals surface area contributed by atoms with Crippen LogP contribution in [0.4, 0.5) is 5.69 Å². The quantitative estimate of drug-likeness (QED) is 0.672. The van der Waals surface area contributed by atoms with Crippen molar-refractivity contribution in [2.24, 2.45) is 12.8 Å². The Bertz CT molecular complexity index is 310. The van der Waals surface area contributed by atoms with Crippen LogP contribution in [0, 0.1) is 0 Å². The summed E-state index contributed by atoms with van der Waals surface area (Å²) in [6.45, 7) is 0.200. The summed E-state index contributed by atoms with van der Waals surface area (Å²) < 4.78 is 6.36. The fraction of sp³-hybridized carbons (Fsp3) is 0.500. The van der Waals surface area contributed by atoms with Crippen molar-refractivity contribution in [3.8, 4) is 0 Å². The molecule has 0 aliphatic carbocycles. The van der Waals surface area contributed by atoms with Crippen LogP contribution < -0.4 is 11.1 Å². The number of carbonyl (C=O) groups excluding carboxylic acids is 1. The fourth-order valence-electron chi connectivity index (χ4n) is 0.976. The average Bonchev–Trinajstić information content (AvgIpc) is 2.51. The third-order valence-corrected chi connectivity index (χ3v) is 1.66. The maximum atomic E-state index is 11.4. The van der Waals surface area contributed by atoms with Gasteiger partial charge in [0.25, 0.3) is 0 Å². The summed E-state index contributed by atoms with van der Waals surface area (Å²) in [5.74, 6) is -0.278. The minimum absolute atomic E-state index is 0.200. The lowest BCUT2D eigenvalue weighted by molar-refractivity contribution is -0.118. The number of ether oxygens (including phenoxy) is 1. The largest absolute Gasteiger partial charge is 0.383 e. The van der Waals surface area contributed by atoms with E-state index in [9.17, 15) is 4.79 Å². The number of anilines is 1. The first-order valence-electron chi connectivity index (χ1n) is 4.17. The molecule has 0 saturated heterocycles. The smallest absolute Gasteiger partial charge is 0.243 e. The Labute approximate surface area is 82.0 Å². The highest BCUT2D eigenvalue weighted by molar-refractivity contribution is 5.94. The van der Waals surface area contributed by atoms with E-state index >= 15 is 0 Å². The van der Waals surface area contributed by atoms with Crippen molar-refractivity contribution in [1.82, 2.24) is 9.78 Å². The van der Waals surface area contributed by atoms with E-state index in [1.54, 1.807) is 24.1 Å². The molecule has 1 heterocycles. The number of amides is 1. The number of rotatable bonds is 4. The van der Waals surface area contributed by atoms with Crippen molar-refractivity contribution < 1.29 is 9.53 Å². The van der Waals surface area contributed by atoms with Crippen LogP contribution in [0.25, 0.3) is 0 Å². The van der Waals surface area contributed by atoms with E-state index in [1.807, 2.05) is 0 Å². The molecule has 0 bridgehead atoms. The number of nitrogens with one attached hydrogen (secondary N) is 1. The van der Waals surface area contributed by atoms with E-state index in [4.69, 9.17) is 10.5 Å². The van der Waals surface area contributed by atoms with E-state index in [2.05, 4.69) is 10.4 Å². The predicted octanol–water partition coefficient (Wildman–Crippen LogP) is -0.668. The summed E-state index contributed by atoms with van der Waals surface area (Å²) >= 11 is 0. The third kappa shape index (κ3) is 2.82. The number of nitrogens with two attached hydrogens (primary N) is 1. The molecule has 6 nitrogen and oxygen atoms in total. The second-order valence-corrected chi connectivity index (χ2v) is 2.95. The van der Waals surface area contributed by atoms with E-state index in [0.717, 1.165) is 0 Å². The zero-order valence-corrected chi connectivity index (χ0v) is 8.23. The average molecular weight is 198 g/mol. The molecule has 0 radical (unpaired) electrons. The lowest BCUT2D eigenvalue weighted by Crippen LogP contribution is -2.39. The molecule has 3 N–H and O–H groups in total. The first-order chi connectivity index (χ1) is 6.63. The van der Waals surface area contributed by atoms with E-state index < -0.39 is 6.04 Å². The van der Waals surface area contributed by atoms with Crippen molar-refractivity contribution in [3.63, 3.8) is 0 Å². The number of nitrogens with zero attached hydrogens (tertiary/aromatic N) is 2. The molecule has 1 unspecified atom stereocenters. The van der Waals surface area contributed by atoms with Crippen LogP contribution in [0.3, 0.4) is 0 Å². The first-order valence-corrected chi connectivity index (χ1v) is 4.17. The van der Waals surface area contributed by atoms with Gasteiger partial charge in [-0.05, 0) is 0 Å². The van der Waals surface area contributed by atoms with Gasteiger partial charge in [-0.25, -0.2) is 0 Å². The number of methoxy groups -OCH3 is 1. The van der Waals surface area contributed by atoms with Gasteiger partial charge < -0.3 is 15.8 Å². The zero-order valence-electron chi connectivity index (χ0n) is 8.23. The van der Waals surface area contributed by atoms with Gasteiger partial charge in [0.15, 0.2) is 0 Å². The zero-order chi connectivity index (χ0) is 10.6. The van der Waals surface area contributed by atoms with E-state index in [1.165, 1.54) is 7.11 Å². The van der Waals surface area contributed by atoms with Gasteiger partial charge in [-0.3, -0.25) is 9.48 Å². The molecule has 0 aromatic carbocycles. The van der Waals surface area contributed by atoms with Gasteiger partial charge in [-0.15, -0.1) is 0 Å². The van der Waals surface area contributed by atoms with Crippen molar-refractivity contribution >= 4 is 11.6 Å². The number of hydrogen-bond acceptors (Lipinski definition) is 4. The van der Waals surface area contributed by atoms with Gasteiger partial charge in [0, 0.05) is 20.4 Å². The summed E-state index contributed by atoms with van der Waals surface area (Å²) in [7, 11) is 3.27. The number of aromatic nitrogens is 2. The van der Waals surface area contributed by atoms with Crippen molar-refractivity contribution in [3.05, 3.63) is 12.4 Å². The van der Waals surface area contributed by atoms with Gasteiger partial charge >= 0.3 is 0 Å². The minimum Gasteiger partial charge on any atom is -0.383 e. The van der Waals surface area contributed by atoms with Gasteiger partial charge in [0.05, 0.1) is 18.5 Å². The molecule has 0 spiro atoms. The number of hydrogen-bond donors (Lipinski definition) is 2. The van der Waals surface area contributed by atoms with Crippen molar-refractivity contribution in [2.45, 2.75) is 6.04 Å². The highest BCUT2D eigenvalue weighted by Gasteiger charge is 2.13. The highest BCUT2D eigenvalue weighted by Crippen LogP contribution is 2.03. The molecule has 6 heteroatoms. The van der Waals surface area contributed by atoms with Crippen molar-refractivity contribution in [1.29, 1.82) is 0 Å². The Balaban J connectivity index is 2.48. The summed E-state index contributed by atoms with van der Waals surface area (Å²) in [4.78, 5) is 11.4. The molecule has 1 aromatic heterocycles. The molecule has 0 aliphatic heterocycles. The van der Waals surface area contributed by atoms with Crippen LogP contribution in [0.1, 0.15) is 0 Å². The summed E-state index contributed by atoms with van der Waals surface area (Å²) in [6, 6.07) is -0.653. The normalized spacial score (nSPS) is 12.5. The molecular weight excluding hydrogens is 184 g/mol. The van der Waals surface area contributed by atoms with Gasteiger partial charge in [0.1, 0.15) is 6.04 Å². The molecule has 78 valence electrons. The first kappa shape index (κ1) is 10.7. The van der Waals surface area contributed by atoms with Gasteiger partial charge in [-0.2, -0.15) is 5.10 Å². The second kappa shape index (κ2) is 4.73. The third-order valence-electron chi connectivity index (χ3n) is 1.66. The van der Waals surface area contributed by atoms with Crippen LogP contribution in [0.5, 0.6) is 0 Å². The molecule has 0 saturated carbocycles. The van der Waals surface area contributed by atoms with Crippen LogP contribution >= 0.6 is 0 Å². The van der Waals surface area contributed by atoms with Crippen molar-refractivity contribution in [2.75, 3.05) is 19.0 Å². The summed E-state index contributed by atoms with van der Waals surface area (Å²) in [5, 5.41) is 6.52. The molecule has 1 amide bonds. The lowest BCUT2D eigenvalue weighted by Gasteiger charge is -2.09. The predicted molar refractivity (Wildman–Crippen MR) is 51.7 cm³/mol. The molecule has 1 rings (SSSR count). The molecule has 0 aliphatic rings. The van der Waals surface area contributed by atoms with E-state index in [-0.39, 0.29) is 12.5 Å². The molecule has 1 aromatic rings. The summed E-state index contributed by atoms with van der Waals surface area (Å²) in [5.41, 5.74) is 6.15.